The highest BCUT2D eigenvalue weighted by Crippen LogP contribution is 2.56. The molecule has 3 N–H and O–H groups in total. The summed E-state index contributed by atoms with van der Waals surface area (Å²) in [6.07, 6.45) is 6.68. The molecule has 0 aromatic carbocycles. The first kappa shape index (κ1) is 14.1. The fourth-order valence-electron chi connectivity index (χ4n) is 4.75. The van der Waals surface area contributed by atoms with Crippen LogP contribution in [0.1, 0.15) is 39.0 Å². The highest BCUT2D eigenvalue weighted by Gasteiger charge is 2.50. The summed E-state index contributed by atoms with van der Waals surface area (Å²) in [5, 5.41) is 3.09. The highest BCUT2D eigenvalue weighted by molar-refractivity contribution is 5.85. The lowest BCUT2D eigenvalue weighted by Gasteiger charge is -2.53. The van der Waals surface area contributed by atoms with Crippen LogP contribution in [0, 0.1) is 29.6 Å². The first-order valence-electron chi connectivity index (χ1n) is 7.17. The van der Waals surface area contributed by atoms with E-state index >= 15 is 0 Å². The van der Waals surface area contributed by atoms with E-state index in [1.54, 1.807) is 0 Å². The fourth-order valence-corrected chi connectivity index (χ4v) is 4.75. The number of nitrogens with two attached hydrogens (primary N) is 1. The smallest absolute Gasteiger partial charge is 0.223 e. The maximum absolute atomic E-state index is 12.3. The molecule has 4 fully saturated rings. The molecule has 0 aromatic heterocycles. The summed E-state index contributed by atoms with van der Waals surface area (Å²) in [7, 11) is 0. The van der Waals surface area contributed by atoms with Crippen LogP contribution >= 0.6 is 12.4 Å². The lowest BCUT2D eigenvalue weighted by atomic mass is 9.51. The summed E-state index contributed by atoms with van der Waals surface area (Å²) in [6.45, 7) is 2.53. The molecule has 104 valence electrons. The van der Waals surface area contributed by atoms with Crippen LogP contribution in [0.4, 0.5) is 0 Å². The number of carbonyl (C=O) groups excluding carboxylic acids is 1. The minimum atomic E-state index is 0. The van der Waals surface area contributed by atoms with Crippen LogP contribution < -0.4 is 11.1 Å². The number of hydrogen-bond acceptors (Lipinski definition) is 2. The SMILES string of the molecule is C[C@H](CN)NC(=O)C1C2CC3CC(C2)CC1C3.Cl. The molecule has 0 radical (unpaired) electrons. The molecule has 1 atom stereocenters. The summed E-state index contributed by atoms with van der Waals surface area (Å²) in [5.41, 5.74) is 5.58. The van der Waals surface area contributed by atoms with Gasteiger partial charge in [-0.1, -0.05) is 0 Å². The minimum absolute atomic E-state index is 0. The lowest BCUT2D eigenvalue weighted by Crippen LogP contribution is -2.53. The Balaban J connectivity index is 0.00000120. The second-order valence-electron chi connectivity index (χ2n) is 6.60. The first-order chi connectivity index (χ1) is 8.17. The predicted molar refractivity (Wildman–Crippen MR) is 74.4 cm³/mol. The van der Waals surface area contributed by atoms with Gasteiger partial charge in [-0.05, 0) is 62.7 Å². The van der Waals surface area contributed by atoms with Crippen molar-refractivity contribution in [3.05, 3.63) is 0 Å². The topological polar surface area (TPSA) is 55.1 Å². The van der Waals surface area contributed by atoms with E-state index in [0.29, 0.717) is 24.3 Å². The Hall–Kier alpha value is -0.280. The van der Waals surface area contributed by atoms with Gasteiger partial charge < -0.3 is 11.1 Å². The highest BCUT2D eigenvalue weighted by atomic mass is 35.5. The molecule has 4 heteroatoms. The Kier molecular flexibility index (Phi) is 4.22. The van der Waals surface area contributed by atoms with E-state index < -0.39 is 0 Å². The normalized spacial score (nSPS) is 42.2. The van der Waals surface area contributed by atoms with Gasteiger partial charge in [0.2, 0.25) is 5.91 Å². The first-order valence-corrected chi connectivity index (χ1v) is 7.17. The number of amides is 1. The van der Waals surface area contributed by atoms with Gasteiger partial charge in [0.25, 0.3) is 0 Å². The molecule has 4 saturated carbocycles. The largest absolute Gasteiger partial charge is 0.352 e. The Morgan fingerprint density at radius 1 is 1.17 bits per heavy atom. The summed E-state index contributed by atoms with van der Waals surface area (Å²) in [4.78, 5) is 12.3. The van der Waals surface area contributed by atoms with Crippen LogP contribution in [-0.2, 0) is 4.79 Å². The standard InChI is InChI=1S/C14H24N2O.ClH/c1-8(7-15)16-14(17)13-11-3-9-2-10(5-11)6-12(13)4-9;/h8-13H,2-7,15H2,1H3,(H,16,17);1H/t8-,9?,10?,11?,12?,13?;/m1./s1. The van der Waals surface area contributed by atoms with Crippen molar-refractivity contribution in [2.75, 3.05) is 6.54 Å². The Morgan fingerprint density at radius 2 is 1.67 bits per heavy atom. The second kappa shape index (κ2) is 5.38. The van der Waals surface area contributed by atoms with Gasteiger partial charge in [-0.3, -0.25) is 4.79 Å². The zero-order valence-corrected chi connectivity index (χ0v) is 11.9. The Morgan fingerprint density at radius 3 is 2.11 bits per heavy atom. The van der Waals surface area contributed by atoms with Crippen LogP contribution in [-0.4, -0.2) is 18.5 Å². The third kappa shape index (κ3) is 2.39. The zero-order chi connectivity index (χ0) is 12.0. The van der Waals surface area contributed by atoms with Crippen LogP contribution in [0.15, 0.2) is 0 Å². The monoisotopic (exact) mass is 272 g/mol. The average molecular weight is 273 g/mol. The molecule has 0 spiro atoms. The fraction of sp³-hybridized carbons (Fsp3) is 0.929. The van der Waals surface area contributed by atoms with Gasteiger partial charge in [0.15, 0.2) is 0 Å². The Labute approximate surface area is 116 Å². The van der Waals surface area contributed by atoms with Crippen LogP contribution in [0.3, 0.4) is 0 Å². The van der Waals surface area contributed by atoms with Gasteiger partial charge in [0.1, 0.15) is 0 Å². The van der Waals surface area contributed by atoms with Crippen molar-refractivity contribution < 1.29 is 4.79 Å². The van der Waals surface area contributed by atoms with E-state index in [1.165, 1.54) is 32.1 Å². The summed E-state index contributed by atoms with van der Waals surface area (Å²) in [6, 6.07) is 0.125. The predicted octanol–water partition coefficient (Wildman–Crippen LogP) is 1.94. The second-order valence-corrected chi connectivity index (χ2v) is 6.60. The van der Waals surface area contributed by atoms with E-state index in [0.717, 1.165) is 11.8 Å². The van der Waals surface area contributed by atoms with Crippen molar-refractivity contribution in [2.24, 2.45) is 35.3 Å². The number of carbonyl (C=O) groups is 1. The molecule has 0 aromatic rings. The number of hydrogen-bond donors (Lipinski definition) is 2. The van der Waals surface area contributed by atoms with Gasteiger partial charge in [-0.15, -0.1) is 12.4 Å². The lowest BCUT2D eigenvalue weighted by molar-refractivity contribution is -0.138. The van der Waals surface area contributed by atoms with Crippen LogP contribution in [0.2, 0.25) is 0 Å². The molecule has 0 saturated heterocycles. The molecule has 1 amide bonds. The van der Waals surface area contributed by atoms with E-state index in [-0.39, 0.29) is 24.4 Å². The molecule has 4 rings (SSSR count). The van der Waals surface area contributed by atoms with E-state index in [9.17, 15) is 4.79 Å². The van der Waals surface area contributed by atoms with E-state index in [4.69, 9.17) is 5.73 Å². The summed E-state index contributed by atoms with van der Waals surface area (Å²) >= 11 is 0. The molecule has 4 bridgehead atoms. The zero-order valence-electron chi connectivity index (χ0n) is 11.1. The maximum Gasteiger partial charge on any atom is 0.223 e. The molecule has 0 aliphatic heterocycles. The van der Waals surface area contributed by atoms with Crippen LogP contribution in [0.5, 0.6) is 0 Å². The third-order valence-corrected chi connectivity index (χ3v) is 5.27. The van der Waals surface area contributed by atoms with Gasteiger partial charge in [0.05, 0.1) is 0 Å². The third-order valence-electron chi connectivity index (χ3n) is 5.27. The summed E-state index contributed by atoms with van der Waals surface area (Å²) in [5.74, 6) is 3.82. The molecular formula is C14H25ClN2O. The van der Waals surface area contributed by atoms with E-state index in [1.807, 2.05) is 6.92 Å². The van der Waals surface area contributed by atoms with Crippen molar-refractivity contribution in [3.8, 4) is 0 Å². The summed E-state index contributed by atoms with van der Waals surface area (Å²) < 4.78 is 0. The number of rotatable bonds is 3. The van der Waals surface area contributed by atoms with E-state index in [2.05, 4.69) is 5.32 Å². The van der Waals surface area contributed by atoms with Crippen molar-refractivity contribution in [2.45, 2.75) is 45.1 Å². The van der Waals surface area contributed by atoms with Crippen LogP contribution in [0.25, 0.3) is 0 Å². The molecule has 0 unspecified atom stereocenters. The van der Waals surface area contributed by atoms with Crippen molar-refractivity contribution in [1.82, 2.24) is 5.32 Å². The molecular weight excluding hydrogens is 248 g/mol. The van der Waals surface area contributed by atoms with Gasteiger partial charge in [-0.2, -0.15) is 0 Å². The van der Waals surface area contributed by atoms with Crippen molar-refractivity contribution >= 4 is 18.3 Å². The molecule has 0 heterocycles. The molecule has 3 nitrogen and oxygen atoms in total. The Bertz CT molecular complexity index is 293. The number of halogens is 1. The maximum atomic E-state index is 12.3. The average Bonchev–Trinajstić information content (AvgIpc) is 2.27. The van der Waals surface area contributed by atoms with Gasteiger partial charge >= 0.3 is 0 Å². The van der Waals surface area contributed by atoms with Crippen molar-refractivity contribution in [3.63, 3.8) is 0 Å². The molecule has 18 heavy (non-hydrogen) atoms. The number of nitrogens with one attached hydrogen (secondary N) is 1. The quantitative estimate of drug-likeness (QED) is 0.825. The minimum Gasteiger partial charge on any atom is -0.352 e. The van der Waals surface area contributed by atoms with Gasteiger partial charge in [0, 0.05) is 18.5 Å². The van der Waals surface area contributed by atoms with Crippen molar-refractivity contribution in [1.29, 1.82) is 0 Å². The molecule has 4 aliphatic rings. The van der Waals surface area contributed by atoms with Gasteiger partial charge in [-0.25, -0.2) is 0 Å². The molecule has 4 aliphatic carbocycles.